The van der Waals surface area contributed by atoms with E-state index in [-0.39, 0.29) is 17.5 Å². The van der Waals surface area contributed by atoms with Gasteiger partial charge in [-0.2, -0.15) is 0 Å². The third-order valence-corrected chi connectivity index (χ3v) is 4.26. The van der Waals surface area contributed by atoms with E-state index in [0.29, 0.717) is 13.2 Å². The van der Waals surface area contributed by atoms with Crippen LogP contribution in [0, 0.1) is 11.6 Å². The molecular weight excluding hydrogens is 312 g/mol. The lowest BCUT2D eigenvalue weighted by atomic mass is 10.0. The third kappa shape index (κ3) is 3.25. The van der Waals surface area contributed by atoms with Crippen LogP contribution in [0.1, 0.15) is 41.7 Å². The standard InChI is InChI=1S/C19H19F2NO2/c1-2-24-15-8-5-13(6-9-15)18-4-3-11-22(18)19(23)14-7-10-16(20)17(21)12-14/h5-10,12,18H,2-4,11H2,1H3. The molecule has 1 aliphatic rings. The van der Waals surface area contributed by atoms with Gasteiger partial charge >= 0.3 is 0 Å². The molecule has 24 heavy (non-hydrogen) atoms. The quantitative estimate of drug-likeness (QED) is 0.834. The van der Waals surface area contributed by atoms with Gasteiger partial charge in [0.2, 0.25) is 0 Å². The minimum atomic E-state index is -1.00. The molecule has 2 aromatic carbocycles. The third-order valence-electron chi connectivity index (χ3n) is 4.26. The Kier molecular flexibility index (Phi) is 4.79. The summed E-state index contributed by atoms with van der Waals surface area (Å²) in [4.78, 5) is 14.4. The van der Waals surface area contributed by atoms with Crippen molar-refractivity contribution in [1.29, 1.82) is 0 Å². The molecule has 5 heteroatoms. The molecule has 0 radical (unpaired) electrons. The van der Waals surface area contributed by atoms with E-state index >= 15 is 0 Å². The Hall–Kier alpha value is -2.43. The van der Waals surface area contributed by atoms with E-state index < -0.39 is 11.6 Å². The van der Waals surface area contributed by atoms with Crippen molar-refractivity contribution in [2.75, 3.05) is 13.2 Å². The van der Waals surface area contributed by atoms with Gasteiger partial charge in [-0.15, -0.1) is 0 Å². The Morgan fingerprint density at radius 2 is 1.92 bits per heavy atom. The van der Waals surface area contributed by atoms with Crippen molar-refractivity contribution in [2.24, 2.45) is 0 Å². The molecule has 1 fully saturated rings. The van der Waals surface area contributed by atoms with Crippen molar-refractivity contribution in [3.8, 4) is 5.75 Å². The van der Waals surface area contributed by atoms with Crippen LogP contribution in [0.2, 0.25) is 0 Å². The van der Waals surface area contributed by atoms with Gasteiger partial charge in [-0.05, 0) is 55.7 Å². The van der Waals surface area contributed by atoms with Gasteiger partial charge < -0.3 is 9.64 Å². The van der Waals surface area contributed by atoms with Crippen LogP contribution in [0.3, 0.4) is 0 Å². The Morgan fingerprint density at radius 3 is 2.58 bits per heavy atom. The average Bonchev–Trinajstić information content (AvgIpc) is 3.07. The zero-order valence-corrected chi connectivity index (χ0v) is 13.5. The first kappa shape index (κ1) is 16.4. The second kappa shape index (κ2) is 6.99. The summed E-state index contributed by atoms with van der Waals surface area (Å²) in [6.07, 6.45) is 1.73. The first-order valence-electron chi connectivity index (χ1n) is 8.09. The monoisotopic (exact) mass is 331 g/mol. The first-order chi connectivity index (χ1) is 11.6. The van der Waals surface area contributed by atoms with Crippen molar-refractivity contribution in [1.82, 2.24) is 4.90 Å². The highest BCUT2D eigenvalue weighted by Crippen LogP contribution is 2.34. The van der Waals surface area contributed by atoms with Gasteiger partial charge in [0.15, 0.2) is 11.6 Å². The number of carbonyl (C=O) groups is 1. The number of ether oxygens (including phenoxy) is 1. The predicted octanol–water partition coefficient (Wildman–Crippen LogP) is 4.34. The van der Waals surface area contributed by atoms with Crippen LogP contribution in [-0.4, -0.2) is 24.0 Å². The summed E-state index contributed by atoms with van der Waals surface area (Å²) in [5.74, 6) is -1.43. The Labute approximate surface area is 139 Å². The van der Waals surface area contributed by atoms with Gasteiger partial charge in [-0.25, -0.2) is 8.78 Å². The van der Waals surface area contributed by atoms with Crippen molar-refractivity contribution in [2.45, 2.75) is 25.8 Å². The minimum absolute atomic E-state index is 0.0544. The number of nitrogens with zero attached hydrogens (tertiary/aromatic N) is 1. The van der Waals surface area contributed by atoms with Gasteiger partial charge in [-0.1, -0.05) is 12.1 Å². The number of rotatable bonds is 4. The summed E-state index contributed by atoms with van der Waals surface area (Å²) in [6, 6.07) is 10.9. The van der Waals surface area contributed by atoms with Gasteiger partial charge in [0.1, 0.15) is 5.75 Å². The van der Waals surface area contributed by atoms with E-state index in [0.717, 1.165) is 36.3 Å². The largest absolute Gasteiger partial charge is 0.494 e. The molecule has 1 amide bonds. The molecule has 0 spiro atoms. The first-order valence-corrected chi connectivity index (χ1v) is 8.09. The fourth-order valence-corrected chi connectivity index (χ4v) is 3.10. The lowest BCUT2D eigenvalue weighted by Crippen LogP contribution is -2.30. The topological polar surface area (TPSA) is 29.5 Å². The number of hydrogen-bond acceptors (Lipinski definition) is 2. The fraction of sp³-hybridized carbons (Fsp3) is 0.316. The molecule has 1 aliphatic heterocycles. The van der Waals surface area contributed by atoms with Crippen molar-refractivity contribution in [3.63, 3.8) is 0 Å². The zero-order chi connectivity index (χ0) is 17.1. The van der Waals surface area contributed by atoms with Gasteiger partial charge in [0.25, 0.3) is 5.91 Å². The van der Waals surface area contributed by atoms with E-state index in [1.165, 1.54) is 6.07 Å². The normalized spacial score (nSPS) is 17.1. The fourth-order valence-electron chi connectivity index (χ4n) is 3.10. The molecule has 126 valence electrons. The summed E-state index contributed by atoms with van der Waals surface area (Å²) in [5.41, 5.74) is 1.19. The highest BCUT2D eigenvalue weighted by molar-refractivity contribution is 5.94. The van der Waals surface area contributed by atoms with Gasteiger partial charge in [0.05, 0.1) is 12.6 Å². The van der Waals surface area contributed by atoms with E-state index in [1.807, 2.05) is 31.2 Å². The maximum atomic E-state index is 13.4. The number of hydrogen-bond donors (Lipinski definition) is 0. The molecule has 1 unspecified atom stereocenters. The van der Waals surface area contributed by atoms with Crippen LogP contribution in [-0.2, 0) is 0 Å². The van der Waals surface area contributed by atoms with E-state index in [4.69, 9.17) is 4.74 Å². The van der Waals surface area contributed by atoms with Gasteiger partial charge in [0, 0.05) is 12.1 Å². The van der Waals surface area contributed by atoms with E-state index in [9.17, 15) is 13.6 Å². The average molecular weight is 331 g/mol. The molecule has 2 aromatic rings. The van der Waals surface area contributed by atoms with Crippen molar-refractivity contribution < 1.29 is 18.3 Å². The lowest BCUT2D eigenvalue weighted by Gasteiger charge is -2.25. The summed E-state index contributed by atoms with van der Waals surface area (Å²) in [5, 5.41) is 0. The molecule has 1 heterocycles. The molecule has 3 nitrogen and oxygen atoms in total. The van der Waals surface area contributed by atoms with E-state index in [1.54, 1.807) is 4.90 Å². The van der Waals surface area contributed by atoms with Crippen LogP contribution < -0.4 is 4.74 Å². The SMILES string of the molecule is CCOc1ccc(C2CCCN2C(=O)c2ccc(F)c(F)c2)cc1. The van der Waals surface area contributed by atoms with Crippen molar-refractivity contribution in [3.05, 3.63) is 65.2 Å². The molecule has 3 rings (SSSR count). The predicted molar refractivity (Wildman–Crippen MR) is 87.0 cm³/mol. The molecule has 0 bridgehead atoms. The molecule has 1 saturated heterocycles. The summed E-state index contributed by atoms with van der Waals surface area (Å²) < 4.78 is 31.9. The molecular formula is C19H19F2NO2. The summed E-state index contributed by atoms with van der Waals surface area (Å²) >= 11 is 0. The van der Waals surface area contributed by atoms with Crippen LogP contribution >= 0.6 is 0 Å². The van der Waals surface area contributed by atoms with Crippen LogP contribution in [0.4, 0.5) is 8.78 Å². The molecule has 0 aliphatic carbocycles. The molecule has 0 aromatic heterocycles. The maximum Gasteiger partial charge on any atom is 0.254 e. The summed E-state index contributed by atoms with van der Waals surface area (Å²) in [6.45, 7) is 3.13. The highest BCUT2D eigenvalue weighted by atomic mass is 19.2. The number of halogens is 2. The van der Waals surface area contributed by atoms with Crippen LogP contribution in [0.25, 0.3) is 0 Å². The number of amides is 1. The maximum absolute atomic E-state index is 13.4. The molecule has 1 atom stereocenters. The molecule has 0 saturated carbocycles. The Balaban J connectivity index is 1.81. The Morgan fingerprint density at radius 1 is 1.17 bits per heavy atom. The number of benzene rings is 2. The Bertz CT molecular complexity index is 731. The highest BCUT2D eigenvalue weighted by Gasteiger charge is 2.30. The summed E-state index contributed by atoms with van der Waals surface area (Å²) in [7, 11) is 0. The second-order valence-electron chi connectivity index (χ2n) is 5.79. The number of likely N-dealkylation sites (tertiary alicyclic amines) is 1. The second-order valence-corrected chi connectivity index (χ2v) is 5.79. The number of carbonyl (C=O) groups excluding carboxylic acids is 1. The zero-order valence-electron chi connectivity index (χ0n) is 13.5. The van der Waals surface area contributed by atoms with Gasteiger partial charge in [-0.3, -0.25) is 4.79 Å². The van der Waals surface area contributed by atoms with Crippen LogP contribution in [0.5, 0.6) is 5.75 Å². The smallest absolute Gasteiger partial charge is 0.254 e. The lowest BCUT2D eigenvalue weighted by molar-refractivity contribution is 0.0735. The van der Waals surface area contributed by atoms with Crippen molar-refractivity contribution >= 4 is 5.91 Å². The minimum Gasteiger partial charge on any atom is -0.494 e. The van der Waals surface area contributed by atoms with E-state index in [2.05, 4.69) is 0 Å². The molecule has 0 N–H and O–H groups in total. The van der Waals surface area contributed by atoms with Crippen LogP contribution in [0.15, 0.2) is 42.5 Å².